The topological polar surface area (TPSA) is 29.1 Å². The number of fused-ring (bicyclic) bond motifs is 2. The molecule has 1 amide bonds. The molecule has 0 spiro atoms. The van der Waals surface area contributed by atoms with Crippen LogP contribution in [0.3, 0.4) is 0 Å². The zero-order chi connectivity index (χ0) is 13.9. The summed E-state index contributed by atoms with van der Waals surface area (Å²) in [7, 11) is 0. The van der Waals surface area contributed by atoms with Crippen molar-refractivity contribution in [3.05, 3.63) is 34.3 Å². The molecular formula is C16H20BrNOS. The first kappa shape index (κ1) is 14.5. The van der Waals surface area contributed by atoms with Crippen LogP contribution in [0.2, 0.25) is 0 Å². The maximum Gasteiger partial charge on any atom is 0.230 e. The van der Waals surface area contributed by atoms with Gasteiger partial charge >= 0.3 is 0 Å². The monoisotopic (exact) mass is 353 g/mol. The predicted molar refractivity (Wildman–Crippen MR) is 87.7 cm³/mol. The molecule has 3 unspecified atom stereocenters. The molecule has 4 heteroatoms. The van der Waals surface area contributed by atoms with E-state index in [2.05, 4.69) is 33.4 Å². The van der Waals surface area contributed by atoms with Crippen molar-refractivity contribution >= 4 is 33.6 Å². The van der Waals surface area contributed by atoms with Crippen molar-refractivity contribution in [1.82, 2.24) is 5.32 Å². The van der Waals surface area contributed by atoms with Crippen LogP contribution < -0.4 is 5.32 Å². The molecule has 2 nitrogen and oxygen atoms in total. The molecule has 3 atom stereocenters. The van der Waals surface area contributed by atoms with Crippen LogP contribution in [-0.4, -0.2) is 17.7 Å². The van der Waals surface area contributed by atoms with Gasteiger partial charge in [-0.05, 0) is 48.8 Å². The molecule has 0 aliphatic heterocycles. The SMILES string of the molecule is O=C(CSCc1ccc(Br)cc1)NC1CC2CCC1C2. The summed E-state index contributed by atoms with van der Waals surface area (Å²) in [6.07, 6.45) is 5.27. The van der Waals surface area contributed by atoms with Crippen LogP contribution in [0, 0.1) is 11.8 Å². The number of nitrogens with one attached hydrogen (secondary N) is 1. The molecule has 0 saturated heterocycles. The molecule has 2 bridgehead atoms. The van der Waals surface area contributed by atoms with Crippen molar-refractivity contribution in [2.24, 2.45) is 11.8 Å². The van der Waals surface area contributed by atoms with Gasteiger partial charge in [-0.1, -0.05) is 34.5 Å². The van der Waals surface area contributed by atoms with Crippen LogP contribution in [0.15, 0.2) is 28.7 Å². The van der Waals surface area contributed by atoms with E-state index in [4.69, 9.17) is 0 Å². The van der Waals surface area contributed by atoms with Gasteiger partial charge in [0.2, 0.25) is 5.91 Å². The second kappa shape index (κ2) is 6.52. The molecule has 0 aromatic heterocycles. The second-order valence-electron chi connectivity index (χ2n) is 5.97. The lowest BCUT2D eigenvalue weighted by molar-refractivity contribution is -0.119. The highest BCUT2D eigenvalue weighted by Gasteiger charge is 2.39. The van der Waals surface area contributed by atoms with Gasteiger partial charge in [-0.2, -0.15) is 0 Å². The molecule has 1 aromatic rings. The summed E-state index contributed by atoms with van der Waals surface area (Å²) in [6, 6.07) is 8.77. The van der Waals surface area contributed by atoms with E-state index in [9.17, 15) is 4.79 Å². The van der Waals surface area contributed by atoms with E-state index in [1.165, 1.54) is 31.2 Å². The third-order valence-corrected chi connectivity index (χ3v) is 6.03. The van der Waals surface area contributed by atoms with Gasteiger partial charge in [-0.25, -0.2) is 0 Å². The Morgan fingerprint density at radius 1 is 1.25 bits per heavy atom. The average Bonchev–Trinajstić information content (AvgIpc) is 3.03. The summed E-state index contributed by atoms with van der Waals surface area (Å²) < 4.78 is 1.10. The van der Waals surface area contributed by atoms with E-state index in [1.807, 2.05) is 12.1 Å². The molecule has 2 fully saturated rings. The zero-order valence-corrected chi connectivity index (χ0v) is 13.9. The van der Waals surface area contributed by atoms with Crippen LogP contribution in [0.1, 0.15) is 31.2 Å². The molecule has 20 heavy (non-hydrogen) atoms. The standard InChI is InChI=1S/C16H20BrNOS/c17-14-5-2-11(3-6-14)9-20-10-16(19)18-15-8-12-1-4-13(15)7-12/h2-3,5-6,12-13,15H,1,4,7-10H2,(H,18,19). The van der Waals surface area contributed by atoms with Gasteiger partial charge < -0.3 is 5.32 Å². The number of benzene rings is 1. The number of carbonyl (C=O) groups excluding carboxylic acids is 1. The zero-order valence-electron chi connectivity index (χ0n) is 11.5. The minimum absolute atomic E-state index is 0.213. The van der Waals surface area contributed by atoms with Crippen molar-refractivity contribution in [2.45, 2.75) is 37.5 Å². The van der Waals surface area contributed by atoms with Crippen LogP contribution in [0.4, 0.5) is 0 Å². The lowest BCUT2D eigenvalue weighted by Gasteiger charge is -2.22. The van der Waals surface area contributed by atoms with E-state index in [0.717, 1.165) is 22.1 Å². The fourth-order valence-corrected chi connectivity index (χ4v) is 4.58. The Bertz CT molecular complexity index is 476. The summed E-state index contributed by atoms with van der Waals surface area (Å²) in [4.78, 5) is 12.0. The van der Waals surface area contributed by atoms with E-state index >= 15 is 0 Å². The Labute approximate surface area is 133 Å². The third-order valence-electron chi connectivity index (χ3n) is 4.50. The van der Waals surface area contributed by atoms with Gasteiger partial charge in [0.05, 0.1) is 5.75 Å². The first-order valence-corrected chi connectivity index (χ1v) is 9.27. The summed E-state index contributed by atoms with van der Waals surface area (Å²) in [6.45, 7) is 0. The van der Waals surface area contributed by atoms with Gasteiger partial charge in [-0.15, -0.1) is 11.8 Å². The van der Waals surface area contributed by atoms with Gasteiger partial charge in [0.1, 0.15) is 0 Å². The highest BCUT2D eigenvalue weighted by molar-refractivity contribution is 9.10. The highest BCUT2D eigenvalue weighted by atomic mass is 79.9. The third kappa shape index (κ3) is 3.59. The van der Waals surface area contributed by atoms with Gasteiger partial charge in [0, 0.05) is 16.3 Å². The molecule has 2 saturated carbocycles. The second-order valence-corrected chi connectivity index (χ2v) is 7.87. The van der Waals surface area contributed by atoms with Crippen molar-refractivity contribution in [3.8, 4) is 0 Å². The van der Waals surface area contributed by atoms with Gasteiger partial charge in [-0.3, -0.25) is 4.79 Å². The van der Waals surface area contributed by atoms with Gasteiger partial charge in [0.25, 0.3) is 0 Å². The summed E-state index contributed by atoms with van der Waals surface area (Å²) >= 11 is 5.13. The smallest absolute Gasteiger partial charge is 0.230 e. The maximum absolute atomic E-state index is 12.0. The number of amides is 1. The fourth-order valence-electron chi connectivity index (χ4n) is 3.51. The first-order valence-electron chi connectivity index (χ1n) is 7.32. The maximum atomic E-state index is 12.0. The Balaban J connectivity index is 1.38. The van der Waals surface area contributed by atoms with Crippen LogP contribution in [0.5, 0.6) is 0 Å². The summed E-state index contributed by atoms with van der Waals surface area (Å²) in [5, 5.41) is 3.24. The van der Waals surface area contributed by atoms with Crippen LogP contribution >= 0.6 is 27.7 Å². The largest absolute Gasteiger partial charge is 0.352 e. The van der Waals surface area contributed by atoms with Crippen molar-refractivity contribution in [3.63, 3.8) is 0 Å². The number of hydrogen-bond donors (Lipinski definition) is 1. The fraction of sp³-hybridized carbons (Fsp3) is 0.562. The lowest BCUT2D eigenvalue weighted by Crippen LogP contribution is -2.39. The number of halogens is 1. The quantitative estimate of drug-likeness (QED) is 0.866. The molecule has 0 radical (unpaired) electrons. The van der Waals surface area contributed by atoms with E-state index in [0.29, 0.717) is 11.8 Å². The van der Waals surface area contributed by atoms with Crippen molar-refractivity contribution < 1.29 is 4.79 Å². The molecule has 2 aliphatic rings. The van der Waals surface area contributed by atoms with E-state index in [-0.39, 0.29) is 5.91 Å². The number of rotatable bonds is 5. The average molecular weight is 354 g/mol. The van der Waals surface area contributed by atoms with E-state index in [1.54, 1.807) is 11.8 Å². The molecule has 108 valence electrons. The Hall–Kier alpha value is -0.480. The summed E-state index contributed by atoms with van der Waals surface area (Å²) in [5.41, 5.74) is 1.27. The molecular weight excluding hydrogens is 334 g/mol. The Kier molecular flexibility index (Phi) is 4.72. The number of carbonyl (C=O) groups is 1. The highest BCUT2D eigenvalue weighted by Crippen LogP contribution is 2.44. The Morgan fingerprint density at radius 3 is 2.70 bits per heavy atom. The van der Waals surface area contributed by atoms with E-state index < -0.39 is 0 Å². The molecule has 0 heterocycles. The predicted octanol–water partition coefficient (Wildman–Crippen LogP) is 3.99. The normalized spacial score (nSPS) is 27.8. The molecule has 3 rings (SSSR count). The summed E-state index contributed by atoms with van der Waals surface area (Å²) in [5.74, 6) is 3.34. The number of thioether (sulfide) groups is 1. The Morgan fingerprint density at radius 2 is 2.05 bits per heavy atom. The minimum Gasteiger partial charge on any atom is -0.352 e. The molecule has 1 aromatic carbocycles. The van der Waals surface area contributed by atoms with Crippen LogP contribution in [0.25, 0.3) is 0 Å². The van der Waals surface area contributed by atoms with Crippen molar-refractivity contribution in [1.29, 1.82) is 0 Å². The van der Waals surface area contributed by atoms with Crippen molar-refractivity contribution in [2.75, 3.05) is 5.75 Å². The lowest BCUT2D eigenvalue weighted by atomic mass is 9.95. The molecule has 2 aliphatic carbocycles. The first-order chi connectivity index (χ1) is 9.70. The van der Waals surface area contributed by atoms with Gasteiger partial charge in [0.15, 0.2) is 0 Å². The minimum atomic E-state index is 0.213. The molecule has 1 N–H and O–H groups in total. The number of hydrogen-bond acceptors (Lipinski definition) is 2. The van der Waals surface area contributed by atoms with Crippen LogP contribution in [-0.2, 0) is 10.5 Å².